The quantitative estimate of drug-likeness (QED) is 0.804. The Kier molecular flexibility index (Phi) is 5.29. The molecule has 0 aliphatic rings. The molecule has 0 spiro atoms. The highest BCUT2D eigenvalue weighted by Gasteiger charge is 2.08. The summed E-state index contributed by atoms with van der Waals surface area (Å²) in [6, 6.07) is 6.18. The monoisotopic (exact) mass is 223 g/mol. The van der Waals surface area contributed by atoms with E-state index in [1.165, 1.54) is 11.1 Å². The van der Waals surface area contributed by atoms with Crippen LogP contribution in [0.25, 0.3) is 0 Å². The van der Waals surface area contributed by atoms with E-state index in [2.05, 4.69) is 13.0 Å². The minimum Gasteiger partial charge on any atom is -0.496 e. The highest BCUT2D eigenvalue weighted by atomic mass is 16.5. The largest absolute Gasteiger partial charge is 0.496 e. The van der Waals surface area contributed by atoms with Crippen molar-refractivity contribution >= 4 is 0 Å². The standard InChI is InChI=1S/C13H21NO2/c1-4-11-9-12(5-6-13(11)15-3)10(2)16-8-7-14/h5-6,9-10H,4,7-8,14H2,1-3H3. The summed E-state index contributed by atoms with van der Waals surface area (Å²) in [6.07, 6.45) is 1.04. The van der Waals surface area contributed by atoms with Crippen molar-refractivity contribution in [1.82, 2.24) is 0 Å². The Labute approximate surface area is 97.6 Å². The molecular formula is C13H21NO2. The van der Waals surface area contributed by atoms with Crippen molar-refractivity contribution in [2.75, 3.05) is 20.3 Å². The Morgan fingerprint density at radius 1 is 1.38 bits per heavy atom. The summed E-state index contributed by atoms with van der Waals surface area (Å²) in [6.45, 7) is 5.31. The highest BCUT2D eigenvalue weighted by molar-refractivity contribution is 5.38. The molecule has 16 heavy (non-hydrogen) atoms. The van der Waals surface area contributed by atoms with Crippen LogP contribution in [0.5, 0.6) is 5.75 Å². The van der Waals surface area contributed by atoms with E-state index < -0.39 is 0 Å². The number of rotatable bonds is 6. The molecule has 0 heterocycles. The van der Waals surface area contributed by atoms with Crippen LogP contribution in [0.3, 0.4) is 0 Å². The van der Waals surface area contributed by atoms with Crippen LogP contribution in [0.2, 0.25) is 0 Å². The number of nitrogens with two attached hydrogens (primary N) is 1. The lowest BCUT2D eigenvalue weighted by Gasteiger charge is -2.15. The Morgan fingerprint density at radius 2 is 2.12 bits per heavy atom. The lowest BCUT2D eigenvalue weighted by atomic mass is 10.0. The number of benzene rings is 1. The summed E-state index contributed by atoms with van der Waals surface area (Å²) in [5.41, 5.74) is 7.80. The van der Waals surface area contributed by atoms with Gasteiger partial charge in [0.05, 0.1) is 19.8 Å². The molecule has 1 aromatic carbocycles. The molecule has 1 atom stereocenters. The second kappa shape index (κ2) is 6.51. The maximum Gasteiger partial charge on any atom is 0.122 e. The Balaban J connectivity index is 2.81. The molecule has 1 rings (SSSR count). The predicted octanol–water partition coefficient (Wildman–Crippen LogP) is 2.29. The molecule has 1 unspecified atom stereocenters. The van der Waals surface area contributed by atoms with Gasteiger partial charge in [-0.15, -0.1) is 0 Å². The average molecular weight is 223 g/mol. The smallest absolute Gasteiger partial charge is 0.122 e. The van der Waals surface area contributed by atoms with Crippen molar-refractivity contribution in [3.8, 4) is 5.75 Å². The van der Waals surface area contributed by atoms with E-state index in [0.717, 1.165) is 12.2 Å². The van der Waals surface area contributed by atoms with Crippen molar-refractivity contribution in [2.45, 2.75) is 26.4 Å². The summed E-state index contributed by atoms with van der Waals surface area (Å²) in [5, 5.41) is 0. The molecule has 90 valence electrons. The van der Waals surface area contributed by atoms with Gasteiger partial charge in [0.25, 0.3) is 0 Å². The Morgan fingerprint density at radius 3 is 2.69 bits per heavy atom. The van der Waals surface area contributed by atoms with Crippen molar-refractivity contribution in [1.29, 1.82) is 0 Å². The van der Waals surface area contributed by atoms with E-state index in [0.29, 0.717) is 13.2 Å². The molecular weight excluding hydrogens is 202 g/mol. The minimum atomic E-state index is 0.0831. The van der Waals surface area contributed by atoms with Gasteiger partial charge in [-0.1, -0.05) is 13.0 Å². The average Bonchev–Trinajstić information content (AvgIpc) is 2.34. The summed E-state index contributed by atoms with van der Waals surface area (Å²) >= 11 is 0. The molecule has 0 fully saturated rings. The molecule has 0 aliphatic heterocycles. The Bertz CT molecular complexity index is 326. The molecule has 0 radical (unpaired) electrons. The molecule has 0 aromatic heterocycles. The molecule has 0 saturated heterocycles. The molecule has 2 N–H and O–H groups in total. The maximum absolute atomic E-state index is 5.58. The topological polar surface area (TPSA) is 44.5 Å². The molecule has 1 aromatic rings. The van der Waals surface area contributed by atoms with Crippen LogP contribution in [0.1, 0.15) is 31.1 Å². The van der Waals surface area contributed by atoms with Gasteiger partial charge in [0.2, 0.25) is 0 Å². The summed E-state index contributed by atoms with van der Waals surface area (Å²) in [5.74, 6) is 0.942. The maximum atomic E-state index is 5.58. The van der Waals surface area contributed by atoms with Crippen molar-refractivity contribution in [3.05, 3.63) is 29.3 Å². The normalized spacial score (nSPS) is 12.5. The molecule has 0 bridgehead atoms. The van der Waals surface area contributed by atoms with E-state index in [1.807, 2.05) is 19.1 Å². The van der Waals surface area contributed by atoms with Gasteiger partial charge in [0.1, 0.15) is 5.75 Å². The zero-order valence-corrected chi connectivity index (χ0v) is 10.3. The fourth-order valence-electron chi connectivity index (χ4n) is 1.67. The van der Waals surface area contributed by atoms with Gasteiger partial charge >= 0.3 is 0 Å². The van der Waals surface area contributed by atoms with Crippen LogP contribution < -0.4 is 10.5 Å². The van der Waals surface area contributed by atoms with E-state index in [1.54, 1.807) is 7.11 Å². The summed E-state index contributed by atoms with van der Waals surface area (Å²) in [4.78, 5) is 0. The lowest BCUT2D eigenvalue weighted by Crippen LogP contribution is -2.11. The van der Waals surface area contributed by atoms with Crippen LogP contribution >= 0.6 is 0 Å². The van der Waals surface area contributed by atoms with Gasteiger partial charge in [0.15, 0.2) is 0 Å². The van der Waals surface area contributed by atoms with Gasteiger partial charge < -0.3 is 15.2 Å². The van der Waals surface area contributed by atoms with Gasteiger partial charge in [0, 0.05) is 6.54 Å². The van der Waals surface area contributed by atoms with Crippen molar-refractivity contribution in [2.24, 2.45) is 5.73 Å². The van der Waals surface area contributed by atoms with Crippen molar-refractivity contribution in [3.63, 3.8) is 0 Å². The summed E-state index contributed by atoms with van der Waals surface area (Å²) in [7, 11) is 1.70. The highest BCUT2D eigenvalue weighted by Crippen LogP contribution is 2.25. The van der Waals surface area contributed by atoms with Gasteiger partial charge in [-0.25, -0.2) is 0 Å². The van der Waals surface area contributed by atoms with E-state index in [-0.39, 0.29) is 6.10 Å². The van der Waals surface area contributed by atoms with Crippen LogP contribution in [0.15, 0.2) is 18.2 Å². The number of hydrogen-bond donors (Lipinski definition) is 1. The molecule has 3 heteroatoms. The third kappa shape index (κ3) is 3.22. The SMILES string of the molecule is CCc1cc(C(C)OCCN)ccc1OC. The first-order chi connectivity index (χ1) is 7.72. The van der Waals surface area contributed by atoms with Crippen LogP contribution in [0.4, 0.5) is 0 Å². The Hall–Kier alpha value is -1.06. The molecule has 0 amide bonds. The van der Waals surface area contributed by atoms with Crippen LogP contribution in [-0.2, 0) is 11.2 Å². The fraction of sp³-hybridized carbons (Fsp3) is 0.538. The van der Waals surface area contributed by atoms with Gasteiger partial charge in [-0.05, 0) is 36.6 Å². The van der Waals surface area contributed by atoms with E-state index in [4.69, 9.17) is 15.2 Å². The van der Waals surface area contributed by atoms with Crippen LogP contribution in [-0.4, -0.2) is 20.3 Å². The number of aryl methyl sites for hydroxylation is 1. The minimum absolute atomic E-state index is 0.0831. The third-order valence-corrected chi connectivity index (χ3v) is 2.64. The number of ether oxygens (including phenoxy) is 2. The van der Waals surface area contributed by atoms with E-state index >= 15 is 0 Å². The molecule has 3 nitrogen and oxygen atoms in total. The zero-order chi connectivity index (χ0) is 12.0. The van der Waals surface area contributed by atoms with Crippen molar-refractivity contribution < 1.29 is 9.47 Å². The second-order valence-corrected chi connectivity index (χ2v) is 3.73. The summed E-state index contributed by atoms with van der Waals surface area (Å²) < 4.78 is 10.9. The fourth-order valence-corrected chi connectivity index (χ4v) is 1.67. The predicted molar refractivity (Wildman–Crippen MR) is 65.8 cm³/mol. The lowest BCUT2D eigenvalue weighted by molar-refractivity contribution is 0.0717. The molecule has 0 saturated carbocycles. The number of methoxy groups -OCH3 is 1. The first-order valence-electron chi connectivity index (χ1n) is 5.71. The first kappa shape index (κ1) is 13.0. The second-order valence-electron chi connectivity index (χ2n) is 3.73. The zero-order valence-electron chi connectivity index (χ0n) is 10.3. The van der Waals surface area contributed by atoms with Crippen LogP contribution in [0, 0.1) is 0 Å². The van der Waals surface area contributed by atoms with Gasteiger partial charge in [-0.2, -0.15) is 0 Å². The van der Waals surface area contributed by atoms with E-state index in [9.17, 15) is 0 Å². The van der Waals surface area contributed by atoms with Gasteiger partial charge in [-0.3, -0.25) is 0 Å². The molecule has 0 aliphatic carbocycles. The first-order valence-corrected chi connectivity index (χ1v) is 5.71. The third-order valence-electron chi connectivity index (χ3n) is 2.64. The number of hydrogen-bond acceptors (Lipinski definition) is 3.